The molecule has 0 aliphatic heterocycles. The van der Waals surface area contributed by atoms with Crippen LogP contribution < -0.4 is 5.32 Å². The lowest BCUT2D eigenvalue weighted by Gasteiger charge is -2.22. The zero-order valence-corrected chi connectivity index (χ0v) is 12.6. The number of nitrogens with one attached hydrogen (secondary N) is 1. The number of alkyl halides is 3. The van der Waals surface area contributed by atoms with Gasteiger partial charge in [-0.2, -0.15) is 18.3 Å². The van der Waals surface area contributed by atoms with Crippen LogP contribution in [0.1, 0.15) is 28.4 Å². The van der Waals surface area contributed by atoms with Crippen molar-refractivity contribution in [2.45, 2.75) is 18.7 Å². The molecule has 1 unspecified atom stereocenters. The van der Waals surface area contributed by atoms with Gasteiger partial charge < -0.3 is 10.4 Å². The first-order valence-electron chi connectivity index (χ1n) is 6.76. The van der Waals surface area contributed by atoms with E-state index in [4.69, 9.17) is 0 Å². The largest absolute Gasteiger partial charge is 0.416 e. The minimum absolute atomic E-state index is 0.123. The van der Waals surface area contributed by atoms with Crippen molar-refractivity contribution in [3.8, 4) is 0 Å². The number of hydrogen-bond donors (Lipinski definition) is 2. The lowest BCUT2D eigenvalue weighted by molar-refractivity contribution is -0.137. The molecule has 0 spiro atoms. The van der Waals surface area contributed by atoms with Gasteiger partial charge in [-0.05, 0) is 25.1 Å². The summed E-state index contributed by atoms with van der Waals surface area (Å²) in [4.78, 5) is 12.0. The number of carbonyl (C=O) groups is 1. The summed E-state index contributed by atoms with van der Waals surface area (Å²) in [5.41, 5.74) is -1.92. The van der Waals surface area contributed by atoms with E-state index in [1.807, 2.05) is 0 Å². The Morgan fingerprint density at radius 3 is 2.61 bits per heavy atom. The van der Waals surface area contributed by atoms with Gasteiger partial charge in [-0.3, -0.25) is 9.48 Å². The minimum Gasteiger partial charge on any atom is -0.383 e. The molecule has 0 saturated carbocycles. The van der Waals surface area contributed by atoms with Gasteiger partial charge in [-0.25, -0.2) is 0 Å². The molecule has 1 atom stereocenters. The maximum atomic E-state index is 12.6. The van der Waals surface area contributed by atoms with Crippen molar-refractivity contribution in [2.75, 3.05) is 6.54 Å². The molecule has 2 aromatic rings. The van der Waals surface area contributed by atoms with Crippen molar-refractivity contribution in [1.82, 2.24) is 15.1 Å². The van der Waals surface area contributed by atoms with Crippen LogP contribution in [-0.2, 0) is 18.8 Å². The topological polar surface area (TPSA) is 67.2 Å². The summed E-state index contributed by atoms with van der Waals surface area (Å²) in [5, 5.41) is 16.7. The molecular formula is C15H16F3N3O2. The Bertz CT molecular complexity index is 708. The fourth-order valence-electron chi connectivity index (χ4n) is 1.99. The van der Waals surface area contributed by atoms with E-state index in [2.05, 4.69) is 10.4 Å². The van der Waals surface area contributed by atoms with Gasteiger partial charge >= 0.3 is 6.18 Å². The van der Waals surface area contributed by atoms with E-state index in [0.717, 1.165) is 18.2 Å². The highest BCUT2D eigenvalue weighted by Crippen LogP contribution is 2.29. The molecule has 124 valence electrons. The Morgan fingerprint density at radius 1 is 1.35 bits per heavy atom. The molecule has 1 aromatic carbocycles. The number of benzene rings is 1. The van der Waals surface area contributed by atoms with Crippen molar-refractivity contribution < 1.29 is 23.1 Å². The quantitative estimate of drug-likeness (QED) is 0.903. The fourth-order valence-corrected chi connectivity index (χ4v) is 1.99. The Hall–Kier alpha value is -2.35. The number of nitrogens with zero attached hydrogens (tertiary/aromatic N) is 2. The Balaban J connectivity index is 2.08. The first kappa shape index (κ1) is 17.0. The second-order valence-electron chi connectivity index (χ2n) is 5.44. The Kier molecular flexibility index (Phi) is 4.46. The average molecular weight is 327 g/mol. The minimum atomic E-state index is -4.52. The monoisotopic (exact) mass is 327 g/mol. The summed E-state index contributed by atoms with van der Waals surface area (Å²) in [5.74, 6) is -0.694. The van der Waals surface area contributed by atoms with Crippen LogP contribution in [0.25, 0.3) is 0 Å². The lowest BCUT2D eigenvalue weighted by atomic mass is 9.99. The van der Waals surface area contributed by atoms with Crippen molar-refractivity contribution >= 4 is 5.91 Å². The standard InChI is InChI=1S/C15H16F3N3O2/c1-14(23,12-7-20-21(2)8-12)9-19-13(22)10-4-3-5-11(6-10)15(16,17)18/h3-8,23H,9H2,1-2H3,(H,19,22). The first-order chi connectivity index (χ1) is 10.6. The summed E-state index contributed by atoms with van der Waals surface area (Å²) < 4.78 is 39.4. The molecule has 0 saturated heterocycles. The molecule has 1 amide bonds. The number of aryl methyl sites for hydroxylation is 1. The number of carbonyl (C=O) groups excluding carboxylic acids is 1. The number of halogens is 3. The summed E-state index contributed by atoms with van der Waals surface area (Å²) >= 11 is 0. The third kappa shape index (κ3) is 4.10. The second kappa shape index (κ2) is 6.04. The SMILES string of the molecule is Cn1cc(C(C)(O)CNC(=O)c2cccc(C(F)(F)F)c2)cn1. The van der Waals surface area contributed by atoms with Gasteiger partial charge in [0.15, 0.2) is 0 Å². The van der Waals surface area contributed by atoms with Crippen LogP contribution in [0.2, 0.25) is 0 Å². The molecule has 1 aromatic heterocycles. The van der Waals surface area contributed by atoms with Crippen LogP contribution in [0.3, 0.4) is 0 Å². The van der Waals surface area contributed by atoms with E-state index >= 15 is 0 Å². The summed E-state index contributed by atoms with van der Waals surface area (Å²) in [7, 11) is 1.68. The average Bonchev–Trinajstić information content (AvgIpc) is 2.91. The highest BCUT2D eigenvalue weighted by Gasteiger charge is 2.31. The van der Waals surface area contributed by atoms with Gasteiger partial charge in [0, 0.05) is 24.4 Å². The van der Waals surface area contributed by atoms with E-state index in [1.54, 1.807) is 13.2 Å². The van der Waals surface area contributed by atoms with Gasteiger partial charge in [0.1, 0.15) is 5.60 Å². The third-order valence-electron chi connectivity index (χ3n) is 3.37. The van der Waals surface area contributed by atoms with Crippen LogP contribution in [0.15, 0.2) is 36.7 Å². The zero-order valence-electron chi connectivity index (χ0n) is 12.6. The highest BCUT2D eigenvalue weighted by molar-refractivity contribution is 5.94. The number of aliphatic hydroxyl groups is 1. The molecule has 1 heterocycles. The lowest BCUT2D eigenvalue weighted by Crippen LogP contribution is -2.38. The maximum Gasteiger partial charge on any atom is 0.416 e. The molecule has 0 bridgehead atoms. The predicted octanol–water partition coefficient (Wildman–Crippen LogP) is 2.08. The van der Waals surface area contributed by atoms with Gasteiger partial charge in [-0.1, -0.05) is 6.07 Å². The molecule has 8 heteroatoms. The van der Waals surface area contributed by atoms with Crippen LogP contribution in [0.5, 0.6) is 0 Å². The van der Waals surface area contributed by atoms with Gasteiger partial charge in [0.2, 0.25) is 0 Å². The summed E-state index contributed by atoms with van der Waals surface area (Å²) in [6.45, 7) is 1.32. The van der Waals surface area contributed by atoms with Crippen molar-refractivity contribution in [2.24, 2.45) is 7.05 Å². The molecular weight excluding hydrogens is 311 g/mol. The fraction of sp³-hybridized carbons (Fsp3) is 0.333. The number of aromatic nitrogens is 2. The molecule has 23 heavy (non-hydrogen) atoms. The van der Waals surface area contributed by atoms with Crippen molar-refractivity contribution in [3.05, 3.63) is 53.3 Å². The smallest absolute Gasteiger partial charge is 0.383 e. The van der Waals surface area contributed by atoms with Gasteiger partial charge in [-0.15, -0.1) is 0 Å². The molecule has 0 radical (unpaired) electrons. The van der Waals surface area contributed by atoms with Gasteiger partial charge in [0.05, 0.1) is 18.3 Å². The van der Waals surface area contributed by atoms with E-state index < -0.39 is 23.2 Å². The Morgan fingerprint density at radius 2 is 2.04 bits per heavy atom. The number of rotatable bonds is 4. The summed E-state index contributed by atoms with van der Waals surface area (Å²) in [6, 6.07) is 4.11. The summed E-state index contributed by atoms with van der Waals surface area (Å²) in [6.07, 6.45) is -1.47. The number of hydrogen-bond acceptors (Lipinski definition) is 3. The van der Waals surface area contributed by atoms with Crippen LogP contribution in [0, 0.1) is 0 Å². The van der Waals surface area contributed by atoms with Crippen molar-refractivity contribution in [3.63, 3.8) is 0 Å². The normalized spacial score (nSPS) is 14.3. The molecule has 0 aliphatic rings. The van der Waals surface area contributed by atoms with E-state index in [9.17, 15) is 23.1 Å². The zero-order chi connectivity index (χ0) is 17.3. The van der Waals surface area contributed by atoms with Crippen LogP contribution >= 0.6 is 0 Å². The molecule has 0 fully saturated rings. The van der Waals surface area contributed by atoms with E-state index in [1.165, 1.54) is 23.9 Å². The first-order valence-corrected chi connectivity index (χ1v) is 6.76. The van der Waals surface area contributed by atoms with Crippen molar-refractivity contribution in [1.29, 1.82) is 0 Å². The maximum absolute atomic E-state index is 12.6. The molecule has 0 aliphatic carbocycles. The predicted molar refractivity (Wildman–Crippen MR) is 76.6 cm³/mol. The van der Waals surface area contributed by atoms with Gasteiger partial charge in [0.25, 0.3) is 5.91 Å². The third-order valence-corrected chi connectivity index (χ3v) is 3.37. The second-order valence-corrected chi connectivity index (χ2v) is 5.44. The number of amides is 1. The molecule has 5 nitrogen and oxygen atoms in total. The molecule has 2 rings (SSSR count). The van der Waals surface area contributed by atoms with E-state index in [0.29, 0.717) is 5.56 Å². The van der Waals surface area contributed by atoms with Crippen LogP contribution in [-0.4, -0.2) is 27.3 Å². The van der Waals surface area contributed by atoms with E-state index in [-0.39, 0.29) is 12.1 Å². The molecule has 2 N–H and O–H groups in total. The van der Waals surface area contributed by atoms with Crippen LogP contribution in [0.4, 0.5) is 13.2 Å². The Labute approximate surface area is 130 Å². The highest BCUT2D eigenvalue weighted by atomic mass is 19.4.